The Morgan fingerprint density at radius 1 is 1.05 bits per heavy atom. The summed E-state index contributed by atoms with van der Waals surface area (Å²) in [7, 11) is 0. The lowest BCUT2D eigenvalue weighted by atomic mass is 10.0. The minimum atomic E-state index is -2.28. The first-order valence-corrected chi connectivity index (χ1v) is 5.30. The lowest BCUT2D eigenvalue weighted by molar-refractivity contribution is -0.00955. The van der Waals surface area contributed by atoms with E-state index in [2.05, 4.69) is 6.58 Å². The predicted octanol–water partition coefficient (Wildman–Crippen LogP) is 3.01. The van der Waals surface area contributed by atoms with Crippen LogP contribution in [0.2, 0.25) is 0 Å². The first kappa shape index (κ1) is 15.6. The fraction of sp³-hybridized carbons (Fsp3) is 0.333. The molecular formula is C12H11F5O2. The van der Waals surface area contributed by atoms with E-state index in [1.54, 1.807) is 0 Å². The van der Waals surface area contributed by atoms with E-state index < -0.39 is 46.9 Å². The highest BCUT2D eigenvalue weighted by Gasteiger charge is 2.32. The molecule has 1 N–H and O–H groups in total. The van der Waals surface area contributed by atoms with Gasteiger partial charge in [-0.1, -0.05) is 6.08 Å². The summed E-state index contributed by atoms with van der Waals surface area (Å²) in [4.78, 5) is 0. The topological polar surface area (TPSA) is 29.5 Å². The lowest BCUT2D eigenvalue weighted by Crippen LogP contribution is -2.23. The molecule has 2 unspecified atom stereocenters. The number of aliphatic hydroxyl groups is 1. The average molecular weight is 282 g/mol. The summed E-state index contributed by atoms with van der Waals surface area (Å²) in [5.74, 6) is -10.7. The molecule has 19 heavy (non-hydrogen) atoms. The molecule has 0 fully saturated rings. The van der Waals surface area contributed by atoms with Crippen molar-refractivity contribution in [2.24, 2.45) is 0 Å². The van der Waals surface area contributed by atoms with E-state index in [1.807, 2.05) is 0 Å². The van der Waals surface area contributed by atoms with Crippen LogP contribution in [0.1, 0.15) is 18.6 Å². The maximum Gasteiger partial charge on any atom is 0.200 e. The van der Waals surface area contributed by atoms with Gasteiger partial charge in [-0.2, -0.15) is 0 Å². The Morgan fingerprint density at radius 3 is 1.84 bits per heavy atom. The number of aliphatic hydroxyl groups excluding tert-OH is 1. The molecule has 2 atom stereocenters. The minimum absolute atomic E-state index is 0.0587. The zero-order valence-electron chi connectivity index (χ0n) is 9.89. The summed E-state index contributed by atoms with van der Waals surface area (Å²) in [6.45, 7) is 4.84. The fourth-order valence-corrected chi connectivity index (χ4v) is 1.53. The molecule has 0 bridgehead atoms. The van der Waals surface area contributed by atoms with Crippen molar-refractivity contribution in [3.8, 4) is 0 Å². The van der Waals surface area contributed by atoms with Crippen molar-refractivity contribution in [3.63, 3.8) is 0 Å². The number of ether oxygens (including phenoxy) is 1. The molecule has 106 valence electrons. The van der Waals surface area contributed by atoms with Crippen molar-refractivity contribution in [1.29, 1.82) is 0 Å². The smallest absolute Gasteiger partial charge is 0.200 e. The molecule has 0 aromatic heterocycles. The summed E-state index contributed by atoms with van der Waals surface area (Å²) < 4.78 is 70.5. The number of benzene rings is 1. The summed E-state index contributed by atoms with van der Waals surface area (Å²) >= 11 is 0. The van der Waals surface area contributed by atoms with Gasteiger partial charge in [-0.15, -0.1) is 6.58 Å². The van der Waals surface area contributed by atoms with Crippen LogP contribution in [0.3, 0.4) is 0 Å². The highest BCUT2D eigenvalue weighted by atomic mass is 19.2. The van der Waals surface area contributed by atoms with Crippen molar-refractivity contribution in [2.45, 2.75) is 19.1 Å². The molecular weight excluding hydrogens is 271 g/mol. The second-order valence-corrected chi connectivity index (χ2v) is 3.58. The van der Waals surface area contributed by atoms with Crippen LogP contribution < -0.4 is 0 Å². The molecule has 1 rings (SSSR count). The molecule has 0 aliphatic carbocycles. The first-order valence-electron chi connectivity index (χ1n) is 5.30. The second-order valence-electron chi connectivity index (χ2n) is 3.58. The van der Waals surface area contributed by atoms with Gasteiger partial charge in [-0.3, -0.25) is 0 Å². The zero-order valence-corrected chi connectivity index (χ0v) is 9.89. The molecule has 1 aromatic carbocycles. The standard InChI is InChI=1S/C12H11F5O2/c1-3-5(19-4-2)12(18)6-7(13)9(15)11(17)10(16)8(6)14/h3,5,12,18H,1,4H2,2H3. The summed E-state index contributed by atoms with van der Waals surface area (Å²) in [5.41, 5.74) is -1.34. The van der Waals surface area contributed by atoms with Gasteiger partial charge < -0.3 is 9.84 Å². The second kappa shape index (κ2) is 6.12. The van der Waals surface area contributed by atoms with E-state index in [-0.39, 0.29) is 6.61 Å². The van der Waals surface area contributed by atoms with Crippen molar-refractivity contribution < 1.29 is 31.8 Å². The van der Waals surface area contributed by atoms with Gasteiger partial charge in [0, 0.05) is 6.61 Å². The third-order valence-corrected chi connectivity index (χ3v) is 2.44. The van der Waals surface area contributed by atoms with Gasteiger partial charge in [0.05, 0.1) is 5.56 Å². The Labute approximate surface area is 106 Å². The quantitative estimate of drug-likeness (QED) is 0.389. The zero-order chi connectivity index (χ0) is 14.7. The number of halogens is 5. The van der Waals surface area contributed by atoms with Gasteiger partial charge >= 0.3 is 0 Å². The lowest BCUT2D eigenvalue weighted by Gasteiger charge is -2.21. The van der Waals surface area contributed by atoms with E-state index >= 15 is 0 Å². The Hall–Kier alpha value is -1.47. The molecule has 2 nitrogen and oxygen atoms in total. The summed E-state index contributed by atoms with van der Waals surface area (Å²) in [6.07, 6.45) is -2.34. The van der Waals surface area contributed by atoms with Gasteiger partial charge in [0.1, 0.15) is 12.2 Å². The van der Waals surface area contributed by atoms with Crippen LogP contribution in [-0.4, -0.2) is 17.8 Å². The normalized spacial score (nSPS) is 14.3. The van der Waals surface area contributed by atoms with Crippen LogP contribution in [0.4, 0.5) is 22.0 Å². The van der Waals surface area contributed by atoms with Crippen LogP contribution in [0.15, 0.2) is 12.7 Å². The molecule has 0 radical (unpaired) electrons. The highest BCUT2D eigenvalue weighted by Crippen LogP contribution is 2.30. The van der Waals surface area contributed by atoms with Crippen molar-refractivity contribution >= 4 is 0 Å². The van der Waals surface area contributed by atoms with E-state index in [9.17, 15) is 27.1 Å². The predicted molar refractivity (Wildman–Crippen MR) is 56.8 cm³/mol. The van der Waals surface area contributed by atoms with Crippen LogP contribution in [0.25, 0.3) is 0 Å². The molecule has 0 heterocycles. The average Bonchev–Trinajstić information content (AvgIpc) is 2.40. The number of hydrogen-bond acceptors (Lipinski definition) is 2. The van der Waals surface area contributed by atoms with E-state index in [4.69, 9.17) is 4.74 Å². The Balaban J connectivity index is 3.38. The molecule has 0 spiro atoms. The van der Waals surface area contributed by atoms with Crippen LogP contribution in [0, 0.1) is 29.1 Å². The van der Waals surface area contributed by atoms with Crippen LogP contribution >= 0.6 is 0 Å². The van der Waals surface area contributed by atoms with Crippen molar-refractivity contribution in [1.82, 2.24) is 0 Å². The molecule has 0 aliphatic rings. The molecule has 0 aliphatic heterocycles. The first-order chi connectivity index (χ1) is 8.86. The van der Waals surface area contributed by atoms with Gasteiger partial charge in [0.2, 0.25) is 5.82 Å². The Morgan fingerprint density at radius 2 is 1.47 bits per heavy atom. The SMILES string of the molecule is C=CC(OCC)C(O)c1c(F)c(F)c(F)c(F)c1F. The largest absolute Gasteiger partial charge is 0.385 e. The maximum atomic E-state index is 13.4. The minimum Gasteiger partial charge on any atom is -0.385 e. The van der Waals surface area contributed by atoms with Crippen molar-refractivity contribution in [2.75, 3.05) is 6.61 Å². The maximum absolute atomic E-state index is 13.4. The molecule has 1 aromatic rings. The molecule has 0 amide bonds. The number of rotatable bonds is 5. The van der Waals surface area contributed by atoms with Gasteiger partial charge in [-0.05, 0) is 6.92 Å². The van der Waals surface area contributed by atoms with Crippen LogP contribution in [0.5, 0.6) is 0 Å². The number of hydrogen-bond donors (Lipinski definition) is 1. The summed E-state index contributed by atoms with van der Waals surface area (Å²) in [6, 6.07) is 0. The van der Waals surface area contributed by atoms with E-state index in [1.165, 1.54) is 6.92 Å². The monoisotopic (exact) mass is 282 g/mol. The highest BCUT2D eigenvalue weighted by molar-refractivity contribution is 5.27. The van der Waals surface area contributed by atoms with Gasteiger partial charge in [0.25, 0.3) is 0 Å². The van der Waals surface area contributed by atoms with E-state index in [0.717, 1.165) is 6.08 Å². The summed E-state index contributed by atoms with van der Waals surface area (Å²) in [5, 5.41) is 9.68. The Kier molecular flexibility index (Phi) is 5.02. The Bertz CT molecular complexity index is 460. The van der Waals surface area contributed by atoms with Crippen LogP contribution in [-0.2, 0) is 4.74 Å². The van der Waals surface area contributed by atoms with Gasteiger partial charge in [0.15, 0.2) is 23.3 Å². The van der Waals surface area contributed by atoms with Gasteiger partial charge in [-0.25, -0.2) is 22.0 Å². The fourth-order valence-electron chi connectivity index (χ4n) is 1.53. The van der Waals surface area contributed by atoms with Crippen molar-refractivity contribution in [3.05, 3.63) is 47.3 Å². The molecule has 0 saturated heterocycles. The molecule has 7 heteroatoms. The third-order valence-electron chi connectivity index (χ3n) is 2.44. The van der Waals surface area contributed by atoms with E-state index in [0.29, 0.717) is 0 Å². The molecule has 0 saturated carbocycles. The third kappa shape index (κ3) is 2.76.